The molecule has 3 N–H and O–H groups in total. The lowest BCUT2D eigenvalue weighted by molar-refractivity contribution is 0.674. The Labute approximate surface area is 190 Å². The highest BCUT2D eigenvalue weighted by atomic mass is 15.0. The highest BCUT2D eigenvalue weighted by Gasteiger charge is 2.12. The molecular formula is C28H30N4. The Morgan fingerprint density at radius 1 is 0.812 bits per heavy atom. The fourth-order valence-corrected chi connectivity index (χ4v) is 3.84. The molecule has 0 aliphatic carbocycles. The molecule has 1 unspecified atom stereocenters. The van der Waals surface area contributed by atoms with Gasteiger partial charge in [0.15, 0.2) is 0 Å². The van der Waals surface area contributed by atoms with Crippen LogP contribution in [-0.4, -0.2) is 16.5 Å². The number of anilines is 1. The Morgan fingerprint density at radius 2 is 1.56 bits per heavy atom. The van der Waals surface area contributed by atoms with Crippen LogP contribution in [0.25, 0.3) is 22.3 Å². The van der Waals surface area contributed by atoms with Crippen LogP contribution in [-0.2, 0) is 0 Å². The van der Waals surface area contributed by atoms with Crippen molar-refractivity contribution in [1.29, 1.82) is 0 Å². The zero-order valence-electron chi connectivity index (χ0n) is 18.7. The molecule has 4 rings (SSSR count). The third-order valence-corrected chi connectivity index (χ3v) is 5.75. The Bertz CT molecular complexity index is 1140. The van der Waals surface area contributed by atoms with Crippen LogP contribution in [0.1, 0.15) is 43.4 Å². The second kappa shape index (κ2) is 10.2. The van der Waals surface area contributed by atoms with Gasteiger partial charge in [-0.05, 0) is 58.4 Å². The first-order chi connectivity index (χ1) is 15.6. The number of nitrogens with zero attached hydrogens (tertiary/aromatic N) is 2. The SMILES string of the molecule is CC(C)c1cccc(-c2cnc(NCCC(N)c3ccccc3)cc2-c2ccncc2)c1. The van der Waals surface area contributed by atoms with E-state index in [1.54, 1.807) is 0 Å². The maximum atomic E-state index is 6.35. The molecule has 0 fully saturated rings. The topological polar surface area (TPSA) is 63.8 Å². The molecule has 0 saturated heterocycles. The van der Waals surface area contributed by atoms with Gasteiger partial charge >= 0.3 is 0 Å². The fourth-order valence-electron chi connectivity index (χ4n) is 3.84. The Kier molecular flexibility index (Phi) is 6.93. The second-order valence-electron chi connectivity index (χ2n) is 8.36. The summed E-state index contributed by atoms with van der Waals surface area (Å²) in [5.41, 5.74) is 13.4. The van der Waals surface area contributed by atoms with Crippen LogP contribution in [0.2, 0.25) is 0 Å². The molecule has 32 heavy (non-hydrogen) atoms. The first-order valence-corrected chi connectivity index (χ1v) is 11.2. The van der Waals surface area contributed by atoms with Gasteiger partial charge < -0.3 is 11.1 Å². The summed E-state index contributed by atoms with van der Waals surface area (Å²) in [5, 5.41) is 3.46. The molecule has 1 atom stereocenters. The molecule has 0 spiro atoms. The molecule has 4 nitrogen and oxygen atoms in total. The summed E-state index contributed by atoms with van der Waals surface area (Å²) in [5.74, 6) is 1.32. The average Bonchev–Trinajstić information content (AvgIpc) is 2.85. The molecule has 0 aliphatic heterocycles. The van der Waals surface area contributed by atoms with Gasteiger partial charge in [0.1, 0.15) is 5.82 Å². The van der Waals surface area contributed by atoms with Crippen molar-refractivity contribution in [3.05, 3.63) is 103 Å². The summed E-state index contributed by atoms with van der Waals surface area (Å²) < 4.78 is 0. The van der Waals surface area contributed by atoms with Crippen LogP contribution in [0.15, 0.2) is 91.4 Å². The molecule has 2 heterocycles. The highest BCUT2D eigenvalue weighted by Crippen LogP contribution is 2.34. The van der Waals surface area contributed by atoms with Crippen molar-refractivity contribution in [2.45, 2.75) is 32.2 Å². The standard InChI is InChI=1S/C28H30N4/c1-20(2)23-9-6-10-24(17-23)26-19-32-28(18-25(26)21-11-14-30-15-12-21)31-16-13-27(29)22-7-4-3-5-8-22/h3-12,14-15,17-20,27H,13,16,29H2,1-2H3,(H,31,32). The largest absolute Gasteiger partial charge is 0.370 e. The van der Waals surface area contributed by atoms with Crippen molar-refractivity contribution in [3.63, 3.8) is 0 Å². The predicted octanol–water partition coefficient (Wildman–Crippen LogP) is 6.44. The normalized spacial score (nSPS) is 12.0. The number of pyridine rings is 2. The van der Waals surface area contributed by atoms with Crippen LogP contribution in [0.3, 0.4) is 0 Å². The first kappa shape index (κ1) is 21.7. The van der Waals surface area contributed by atoms with E-state index >= 15 is 0 Å². The zero-order chi connectivity index (χ0) is 22.3. The number of rotatable bonds is 8. The van der Waals surface area contributed by atoms with E-state index in [-0.39, 0.29) is 6.04 Å². The van der Waals surface area contributed by atoms with Crippen molar-refractivity contribution < 1.29 is 0 Å². The molecule has 0 aliphatic rings. The van der Waals surface area contributed by atoms with Gasteiger partial charge in [0.25, 0.3) is 0 Å². The first-order valence-electron chi connectivity index (χ1n) is 11.2. The van der Waals surface area contributed by atoms with Crippen LogP contribution < -0.4 is 11.1 Å². The van der Waals surface area contributed by atoms with Gasteiger partial charge in [0.2, 0.25) is 0 Å². The Hall–Kier alpha value is -3.50. The molecule has 2 aromatic carbocycles. The highest BCUT2D eigenvalue weighted by molar-refractivity contribution is 5.84. The third-order valence-electron chi connectivity index (χ3n) is 5.75. The number of benzene rings is 2. The molecule has 4 aromatic rings. The minimum atomic E-state index is 0.00131. The van der Waals surface area contributed by atoms with Crippen LogP contribution in [0, 0.1) is 0 Å². The number of hydrogen-bond donors (Lipinski definition) is 2. The molecule has 0 radical (unpaired) electrons. The van der Waals surface area contributed by atoms with E-state index in [1.807, 2.05) is 48.9 Å². The van der Waals surface area contributed by atoms with E-state index in [2.05, 4.69) is 66.6 Å². The summed E-state index contributed by atoms with van der Waals surface area (Å²) in [4.78, 5) is 8.90. The third kappa shape index (κ3) is 5.21. The summed E-state index contributed by atoms with van der Waals surface area (Å²) >= 11 is 0. The van der Waals surface area contributed by atoms with E-state index in [4.69, 9.17) is 10.7 Å². The number of aromatic nitrogens is 2. The monoisotopic (exact) mass is 422 g/mol. The molecule has 162 valence electrons. The van der Waals surface area contributed by atoms with Crippen molar-refractivity contribution in [2.24, 2.45) is 5.73 Å². The Morgan fingerprint density at radius 3 is 2.31 bits per heavy atom. The smallest absolute Gasteiger partial charge is 0.126 e. The van der Waals surface area contributed by atoms with E-state index in [0.717, 1.165) is 41.0 Å². The van der Waals surface area contributed by atoms with E-state index in [9.17, 15) is 0 Å². The maximum absolute atomic E-state index is 6.35. The summed E-state index contributed by atoms with van der Waals surface area (Å²) in [6, 6.07) is 25.1. The molecule has 4 heteroatoms. The molecule has 0 bridgehead atoms. The van der Waals surface area contributed by atoms with E-state index < -0.39 is 0 Å². The number of nitrogens with one attached hydrogen (secondary N) is 1. The summed E-state index contributed by atoms with van der Waals surface area (Å²) in [6.45, 7) is 5.18. The summed E-state index contributed by atoms with van der Waals surface area (Å²) in [7, 11) is 0. The zero-order valence-corrected chi connectivity index (χ0v) is 18.7. The van der Waals surface area contributed by atoms with Crippen molar-refractivity contribution in [1.82, 2.24) is 9.97 Å². The minimum Gasteiger partial charge on any atom is -0.370 e. The molecular weight excluding hydrogens is 392 g/mol. The van der Waals surface area contributed by atoms with Gasteiger partial charge in [-0.2, -0.15) is 0 Å². The minimum absolute atomic E-state index is 0.00131. The van der Waals surface area contributed by atoms with Gasteiger partial charge in [0.05, 0.1) is 0 Å². The van der Waals surface area contributed by atoms with Gasteiger partial charge in [-0.3, -0.25) is 4.98 Å². The van der Waals surface area contributed by atoms with Gasteiger partial charge in [-0.15, -0.1) is 0 Å². The van der Waals surface area contributed by atoms with Crippen LogP contribution in [0.4, 0.5) is 5.82 Å². The predicted molar refractivity (Wildman–Crippen MR) is 133 cm³/mol. The van der Waals surface area contributed by atoms with Crippen molar-refractivity contribution >= 4 is 5.82 Å². The second-order valence-corrected chi connectivity index (χ2v) is 8.36. The number of nitrogens with two attached hydrogens (primary N) is 1. The van der Waals surface area contributed by atoms with Gasteiger partial charge in [0, 0.05) is 36.7 Å². The van der Waals surface area contributed by atoms with Gasteiger partial charge in [-0.1, -0.05) is 68.4 Å². The lowest BCUT2D eigenvalue weighted by atomic mass is 9.93. The Balaban J connectivity index is 1.58. The molecule has 0 amide bonds. The van der Waals surface area contributed by atoms with E-state index in [1.165, 1.54) is 11.1 Å². The van der Waals surface area contributed by atoms with E-state index in [0.29, 0.717) is 5.92 Å². The van der Waals surface area contributed by atoms with Gasteiger partial charge in [-0.25, -0.2) is 4.98 Å². The van der Waals surface area contributed by atoms with Crippen LogP contribution >= 0.6 is 0 Å². The molecule has 0 saturated carbocycles. The summed E-state index contributed by atoms with van der Waals surface area (Å²) in [6.07, 6.45) is 6.45. The molecule has 2 aromatic heterocycles. The maximum Gasteiger partial charge on any atom is 0.126 e. The van der Waals surface area contributed by atoms with Crippen molar-refractivity contribution in [2.75, 3.05) is 11.9 Å². The average molecular weight is 423 g/mol. The lowest BCUT2D eigenvalue weighted by Gasteiger charge is -2.16. The fraction of sp³-hybridized carbons (Fsp3) is 0.214. The lowest BCUT2D eigenvalue weighted by Crippen LogP contribution is -2.15. The number of hydrogen-bond acceptors (Lipinski definition) is 4. The quantitative estimate of drug-likeness (QED) is 0.343. The van der Waals surface area contributed by atoms with Crippen molar-refractivity contribution in [3.8, 4) is 22.3 Å². The van der Waals surface area contributed by atoms with Crippen LogP contribution in [0.5, 0.6) is 0 Å².